The number of nitrogens with zero attached hydrogens (tertiary/aromatic N) is 1. The Balaban J connectivity index is 3.10. The van der Waals surface area contributed by atoms with E-state index in [1.807, 2.05) is 0 Å². The molecule has 3 N–H and O–H groups in total. The van der Waals surface area contributed by atoms with Crippen molar-refractivity contribution >= 4 is 50.6 Å². The molecule has 0 aromatic carbocycles. The van der Waals surface area contributed by atoms with Crippen molar-refractivity contribution in [1.82, 2.24) is 4.72 Å². The lowest BCUT2D eigenvalue weighted by atomic mass is 10.2. The van der Waals surface area contributed by atoms with E-state index < -0.39 is 53.6 Å². The Hall–Kier alpha value is -1.76. The predicted octanol–water partition coefficient (Wildman–Crippen LogP) is 0.516. The molecule has 0 saturated carbocycles. The van der Waals surface area contributed by atoms with E-state index in [1.165, 1.54) is 0 Å². The average Bonchev–Trinajstić information content (AvgIpc) is 2.70. The van der Waals surface area contributed by atoms with Crippen molar-refractivity contribution in [3.05, 3.63) is 20.5 Å². The fourth-order valence-corrected chi connectivity index (χ4v) is 4.06. The largest absolute Gasteiger partial charge is 0.481 e. The van der Waals surface area contributed by atoms with Crippen molar-refractivity contribution in [3.63, 3.8) is 0 Å². The second-order valence-corrected chi connectivity index (χ2v) is 7.19. The van der Waals surface area contributed by atoms with E-state index in [-0.39, 0.29) is 0 Å². The number of nitrogens with one attached hydrogen (secondary N) is 1. The zero-order chi connectivity index (χ0) is 16.4. The van der Waals surface area contributed by atoms with Crippen molar-refractivity contribution in [2.45, 2.75) is 16.7 Å². The summed E-state index contributed by atoms with van der Waals surface area (Å²) >= 11 is 5.86. The van der Waals surface area contributed by atoms with Gasteiger partial charge in [-0.05, 0) is 0 Å². The summed E-state index contributed by atoms with van der Waals surface area (Å²) in [4.78, 5) is 31.0. The molecule has 0 spiro atoms. The van der Waals surface area contributed by atoms with Crippen molar-refractivity contribution in [2.75, 3.05) is 0 Å². The van der Waals surface area contributed by atoms with Gasteiger partial charge in [0.2, 0.25) is 0 Å². The van der Waals surface area contributed by atoms with Crippen LogP contribution in [0.3, 0.4) is 0 Å². The van der Waals surface area contributed by atoms with Gasteiger partial charge in [-0.25, -0.2) is 8.42 Å². The number of aliphatic carboxylic acids is 2. The van der Waals surface area contributed by atoms with E-state index in [1.54, 1.807) is 4.72 Å². The molecular formula is C8H7ClN2O8S2. The summed E-state index contributed by atoms with van der Waals surface area (Å²) < 4.78 is 24.4. The minimum absolute atomic E-state index is 0.355. The quantitative estimate of drug-likeness (QED) is 0.468. The molecule has 21 heavy (non-hydrogen) atoms. The highest BCUT2D eigenvalue weighted by Crippen LogP contribution is 2.36. The predicted molar refractivity (Wildman–Crippen MR) is 70.0 cm³/mol. The molecule has 1 heterocycles. The number of halogens is 1. The van der Waals surface area contributed by atoms with Crippen molar-refractivity contribution in [3.8, 4) is 0 Å². The first-order valence-corrected chi connectivity index (χ1v) is 7.63. The molecule has 1 atom stereocenters. The standard InChI is InChI=1S/C8H7ClN2O8S2/c9-7-4(11(16)17)2-6(20-7)21(18,19)10-3(8(14)15)1-5(12)13/h2-3,10H,1H2,(H,12,13)(H,14,15). The molecule has 13 heteroatoms. The average molecular weight is 359 g/mol. The summed E-state index contributed by atoms with van der Waals surface area (Å²) in [5.74, 6) is -3.22. The number of nitro groups is 1. The van der Waals surface area contributed by atoms with Crippen molar-refractivity contribution in [1.29, 1.82) is 0 Å². The molecule has 1 unspecified atom stereocenters. The minimum atomic E-state index is -4.45. The van der Waals surface area contributed by atoms with Crippen LogP contribution < -0.4 is 4.72 Å². The van der Waals surface area contributed by atoms with Crippen LogP contribution in [0.1, 0.15) is 6.42 Å². The Bertz CT molecular complexity index is 697. The fraction of sp³-hybridized carbons (Fsp3) is 0.250. The van der Waals surface area contributed by atoms with Gasteiger partial charge in [-0.1, -0.05) is 11.6 Å². The SMILES string of the molecule is O=C(O)CC(NS(=O)(=O)c1cc([N+](=O)[O-])c(Cl)s1)C(=O)O. The highest BCUT2D eigenvalue weighted by Gasteiger charge is 2.31. The summed E-state index contributed by atoms with van der Waals surface area (Å²) in [6, 6.07) is -1.25. The lowest BCUT2D eigenvalue weighted by molar-refractivity contribution is -0.384. The van der Waals surface area contributed by atoms with E-state index in [0.717, 1.165) is 0 Å². The number of sulfonamides is 1. The first-order chi connectivity index (χ1) is 9.54. The molecule has 0 fully saturated rings. The number of carboxylic acids is 2. The molecule has 0 aliphatic heterocycles. The Morgan fingerprint density at radius 2 is 2.05 bits per heavy atom. The Morgan fingerprint density at radius 3 is 2.43 bits per heavy atom. The van der Waals surface area contributed by atoms with Crippen LogP contribution in [0.15, 0.2) is 10.3 Å². The molecule has 0 amide bonds. The monoisotopic (exact) mass is 358 g/mol. The van der Waals surface area contributed by atoms with Gasteiger partial charge in [-0.2, -0.15) is 4.72 Å². The molecule has 0 saturated heterocycles. The smallest absolute Gasteiger partial charge is 0.322 e. The molecule has 1 aromatic rings. The molecule has 0 radical (unpaired) electrons. The second-order valence-electron chi connectivity index (χ2n) is 3.59. The van der Waals surface area contributed by atoms with Crippen LogP contribution in [0, 0.1) is 10.1 Å². The summed E-state index contributed by atoms with van der Waals surface area (Å²) in [6.07, 6.45) is -0.990. The third kappa shape index (κ3) is 4.35. The number of rotatable bonds is 7. The number of thiophene rings is 1. The van der Waals surface area contributed by atoms with Gasteiger partial charge in [0.25, 0.3) is 15.7 Å². The van der Waals surface area contributed by atoms with Crippen molar-refractivity contribution < 1.29 is 33.1 Å². The zero-order valence-corrected chi connectivity index (χ0v) is 12.2. The van der Waals surface area contributed by atoms with E-state index in [2.05, 4.69) is 0 Å². The molecule has 1 rings (SSSR count). The number of hydrogen-bond donors (Lipinski definition) is 3. The van der Waals surface area contributed by atoms with Gasteiger partial charge >= 0.3 is 11.9 Å². The maximum Gasteiger partial charge on any atom is 0.322 e. The third-order valence-electron chi connectivity index (χ3n) is 2.08. The Labute approximate surface area is 126 Å². The number of hydrogen-bond acceptors (Lipinski definition) is 7. The van der Waals surface area contributed by atoms with E-state index in [0.29, 0.717) is 17.4 Å². The van der Waals surface area contributed by atoms with Crippen LogP contribution in [-0.2, 0) is 19.6 Å². The summed E-state index contributed by atoms with van der Waals surface area (Å²) in [5, 5.41) is 27.9. The first-order valence-electron chi connectivity index (χ1n) is 4.95. The zero-order valence-electron chi connectivity index (χ0n) is 9.85. The van der Waals surface area contributed by atoms with Crippen LogP contribution in [0.2, 0.25) is 4.34 Å². The molecular weight excluding hydrogens is 352 g/mol. The van der Waals surface area contributed by atoms with Crippen LogP contribution >= 0.6 is 22.9 Å². The van der Waals surface area contributed by atoms with E-state index in [9.17, 15) is 28.1 Å². The maximum absolute atomic E-state index is 11.9. The van der Waals surface area contributed by atoms with Gasteiger partial charge in [0.15, 0.2) is 4.34 Å². The lowest BCUT2D eigenvalue weighted by Crippen LogP contribution is -2.41. The highest BCUT2D eigenvalue weighted by atomic mass is 35.5. The topological polar surface area (TPSA) is 164 Å². The van der Waals surface area contributed by atoms with E-state index in [4.69, 9.17) is 21.8 Å². The van der Waals surface area contributed by atoms with Crippen LogP contribution in [0.4, 0.5) is 5.69 Å². The molecule has 0 aliphatic carbocycles. The normalized spacial score (nSPS) is 12.8. The molecule has 1 aromatic heterocycles. The highest BCUT2D eigenvalue weighted by molar-refractivity contribution is 7.91. The van der Waals surface area contributed by atoms with Crippen LogP contribution in [0.25, 0.3) is 0 Å². The van der Waals surface area contributed by atoms with Gasteiger partial charge in [0, 0.05) is 6.07 Å². The summed E-state index contributed by atoms with van der Waals surface area (Å²) in [6.45, 7) is 0. The number of carbonyl (C=O) groups is 2. The second kappa shape index (κ2) is 6.34. The van der Waals surface area contributed by atoms with Crippen LogP contribution in [-0.4, -0.2) is 41.5 Å². The molecule has 0 bridgehead atoms. The van der Waals surface area contributed by atoms with Gasteiger partial charge in [0.05, 0.1) is 11.3 Å². The maximum atomic E-state index is 11.9. The lowest BCUT2D eigenvalue weighted by Gasteiger charge is -2.11. The Kier molecular flexibility index (Phi) is 5.22. The van der Waals surface area contributed by atoms with Crippen LogP contribution in [0.5, 0.6) is 0 Å². The summed E-state index contributed by atoms with van der Waals surface area (Å²) in [5.41, 5.74) is -0.646. The molecule has 116 valence electrons. The van der Waals surface area contributed by atoms with Gasteiger partial charge in [-0.3, -0.25) is 19.7 Å². The van der Waals surface area contributed by atoms with Gasteiger partial charge < -0.3 is 10.2 Å². The van der Waals surface area contributed by atoms with E-state index >= 15 is 0 Å². The number of carboxylic acid groups (broad SMARTS) is 2. The molecule has 10 nitrogen and oxygen atoms in total. The fourth-order valence-electron chi connectivity index (χ4n) is 1.19. The third-order valence-corrected chi connectivity index (χ3v) is 5.37. The Morgan fingerprint density at radius 1 is 1.48 bits per heavy atom. The van der Waals surface area contributed by atoms with Gasteiger partial charge in [0.1, 0.15) is 10.3 Å². The molecule has 0 aliphatic rings. The minimum Gasteiger partial charge on any atom is -0.481 e. The van der Waals surface area contributed by atoms with Gasteiger partial charge in [-0.15, -0.1) is 11.3 Å². The summed E-state index contributed by atoms with van der Waals surface area (Å²) in [7, 11) is -4.45. The van der Waals surface area contributed by atoms with Crippen molar-refractivity contribution in [2.24, 2.45) is 0 Å². The first kappa shape index (κ1) is 17.3.